The maximum absolute atomic E-state index is 16.8. The van der Waals surface area contributed by atoms with Gasteiger partial charge in [-0.25, -0.2) is 4.39 Å². The van der Waals surface area contributed by atoms with Crippen molar-refractivity contribution in [2.45, 2.75) is 19.3 Å². The number of thiophene rings is 1. The number of halogens is 1. The summed E-state index contributed by atoms with van der Waals surface area (Å²) in [5.41, 5.74) is 19.0. The molecule has 7 heteroatoms. The number of rotatable bonds is 13. The molecule has 1 aliphatic rings. The van der Waals surface area contributed by atoms with Crippen molar-refractivity contribution in [3.05, 3.63) is 362 Å². The van der Waals surface area contributed by atoms with E-state index in [4.69, 9.17) is 0 Å². The highest BCUT2D eigenvalue weighted by Gasteiger charge is 2.39. The molecule has 18 aromatic carbocycles. The number of hydrogen-bond donors (Lipinski definition) is 0. The molecule has 0 saturated heterocycles. The van der Waals surface area contributed by atoms with Crippen LogP contribution in [0.4, 0.5) is 72.6 Å². The van der Waals surface area contributed by atoms with Crippen molar-refractivity contribution in [3.8, 4) is 28.3 Å². The average molecular weight is 1340 g/mol. The molecule has 5 nitrogen and oxygen atoms in total. The van der Waals surface area contributed by atoms with Gasteiger partial charge >= 0.3 is 0 Å². The number of benzene rings is 18. The highest BCUT2D eigenvalue weighted by Crippen LogP contribution is 2.58. The van der Waals surface area contributed by atoms with Crippen LogP contribution in [-0.2, 0) is 5.41 Å². The summed E-state index contributed by atoms with van der Waals surface area (Å²) in [5.74, 6) is -0.292. The molecule has 0 unspecified atom stereocenters. The minimum atomic E-state index is -0.365. The van der Waals surface area contributed by atoms with Crippen LogP contribution in [-0.4, -0.2) is 0 Å². The van der Waals surface area contributed by atoms with Crippen LogP contribution in [0.15, 0.2) is 340 Å². The van der Waals surface area contributed by atoms with E-state index in [9.17, 15) is 5.26 Å². The summed E-state index contributed by atoms with van der Waals surface area (Å²) in [4.78, 5) is 9.37. The summed E-state index contributed by atoms with van der Waals surface area (Å²) >= 11 is 1.75. The van der Waals surface area contributed by atoms with Gasteiger partial charge in [0.05, 0.1) is 56.1 Å². The Hall–Kier alpha value is -13.1. The minimum absolute atomic E-state index is 0.292. The Morgan fingerprint density at radius 3 is 1.34 bits per heavy atom. The number of anilines is 12. The second kappa shape index (κ2) is 23.5. The average Bonchev–Trinajstić information content (AvgIpc) is 1.70. The van der Waals surface area contributed by atoms with Crippen LogP contribution in [0.1, 0.15) is 30.5 Å². The van der Waals surface area contributed by atoms with E-state index < -0.39 is 0 Å². The van der Waals surface area contributed by atoms with E-state index in [-0.39, 0.29) is 11.2 Å². The van der Waals surface area contributed by atoms with Gasteiger partial charge in [-0.2, -0.15) is 5.26 Å². The van der Waals surface area contributed by atoms with Crippen molar-refractivity contribution in [2.24, 2.45) is 0 Å². The number of para-hydroxylation sites is 4. The third-order valence-corrected chi connectivity index (χ3v) is 22.7. The van der Waals surface area contributed by atoms with Crippen LogP contribution in [0.3, 0.4) is 0 Å². The highest BCUT2D eigenvalue weighted by molar-refractivity contribution is 7.26. The van der Waals surface area contributed by atoms with Crippen molar-refractivity contribution >= 4 is 164 Å². The topological polar surface area (TPSA) is 36.8 Å². The van der Waals surface area contributed by atoms with Crippen LogP contribution in [0, 0.1) is 17.1 Å². The smallest absolute Gasteiger partial charge is 0.147 e. The summed E-state index contributed by atoms with van der Waals surface area (Å²) in [7, 11) is 0. The molecule has 1 aromatic heterocycles. The van der Waals surface area contributed by atoms with Gasteiger partial charge in [0.15, 0.2) is 0 Å². The second-order valence-electron chi connectivity index (χ2n) is 27.5. The molecule has 0 radical (unpaired) electrons. The van der Waals surface area contributed by atoms with E-state index in [1.807, 2.05) is 36.4 Å². The minimum Gasteiger partial charge on any atom is -0.310 e. The molecule has 20 rings (SSSR count). The monoisotopic (exact) mass is 1340 g/mol. The molecule has 0 bridgehead atoms. The van der Waals surface area contributed by atoms with Gasteiger partial charge < -0.3 is 19.6 Å². The zero-order valence-electron chi connectivity index (χ0n) is 56.4. The molecule has 484 valence electrons. The van der Waals surface area contributed by atoms with Crippen LogP contribution < -0.4 is 19.6 Å². The van der Waals surface area contributed by atoms with Crippen molar-refractivity contribution in [2.75, 3.05) is 19.6 Å². The van der Waals surface area contributed by atoms with E-state index in [1.165, 1.54) is 43.1 Å². The van der Waals surface area contributed by atoms with Crippen LogP contribution >= 0.6 is 11.3 Å². The Kier molecular flexibility index (Phi) is 13.7. The fraction of sp³-hybridized carbons (Fsp3) is 0.0312. The van der Waals surface area contributed by atoms with Gasteiger partial charge in [0.1, 0.15) is 5.82 Å². The fourth-order valence-corrected chi connectivity index (χ4v) is 18.1. The molecule has 1 aliphatic carbocycles. The molecular weight excluding hydrogens is 1270 g/mol. The third-order valence-electron chi connectivity index (χ3n) is 21.5. The van der Waals surface area contributed by atoms with Crippen molar-refractivity contribution in [1.82, 2.24) is 0 Å². The Morgan fingerprint density at radius 2 is 0.757 bits per heavy atom. The van der Waals surface area contributed by atoms with E-state index in [0.29, 0.717) is 11.3 Å². The molecule has 0 spiro atoms. The van der Waals surface area contributed by atoms with Gasteiger partial charge in [-0.1, -0.05) is 226 Å². The second-order valence-corrected chi connectivity index (χ2v) is 28.6. The Balaban J connectivity index is 0.776. The van der Waals surface area contributed by atoms with Crippen LogP contribution in [0.25, 0.3) is 107 Å². The summed E-state index contributed by atoms with van der Waals surface area (Å²) < 4.78 is 19.1. The van der Waals surface area contributed by atoms with Gasteiger partial charge in [-0.15, -0.1) is 11.3 Å². The maximum Gasteiger partial charge on any atom is 0.147 e. The number of nitriles is 1. The lowest BCUT2D eigenvalue weighted by molar-refractivity contribution is 0.629. The van der Waals surface area contributed by atoms with Gasteiger partial charge in [0.25, 0.3) is 0 Å². The first-order valence-corrected chi connectivity index (χ1v) is 35.9. The SMILES string of the molecule is CC1(C)c2ccccc2-c2c(N(c3ccccc3)c3ccc4ccc5c(N(c6ccccc6F)c6cccc7c6sc6ccccc67)ccc6ccc3c4c65)cc(-c3cccc(N(c4ccccc4)c4ccc5ccc6c(N(c7ccccc7)c7cccc(C#N)c7)ccc7ccc4c5c76)c3)cc21. The molecule has 0 fully saturated rings. The number of hydrogen-bond acceptors (Lipinski definition) is 6. The summed E-state index contributed by atoms with van der Waals surface area (Å²) in [5, 5.41) is 26.0. The molecule has 0 atom stereocenters. The number of fused-ring (bicyclic) bond motifs is 6. The van der Waals surface area contributed by atoms with Crippen LogP contribution in [0.2, 0.25) is 0 Å². The Labute approximate surface area is 599 Å². The first kappa shape index (κ1) is 59.9. The van der Waals surface area contributed by atoms with Crippen molar-refractivity contribution in [3.63, 3.8) is 0 Å². The lowest BCUT2D eigenvalue weighted by Crippen LogP contribution is -2.16. The standard InChI is InChI=1S/C96H62FN5S/c1-96(2)79-34-14-12-32-74(79)94-80(96)57-66(65-22-19-30-71(56-65)100(68-25-8-4-9-26-68)83-52-44-62-39-47-75-82(51-43-61-40-48-76(83)91(62)90(61)75)99(67-23-6-3-7-24-67)70-29-18-21-60(55-70)59-98)58-88(94)101(69-27-10-5-11-28-69)84-53-45-63-42-50-78-85(54-46-64-41-49-77(84)92(63)93(64)78)102(86-36-16-15-35-81(86)97)87-37-20-33-73-72-31-13-17-38-89(72)103-95(73)87/h3-58H,1-2H3. The first-order chi connectivity index (χ1) is 50.7. The molecule has 0 aliphatic heterocycles. The molecule has 0 N–H and O–H groups in total. The predicted molar refractivity (Wildman–Crippen MR) is 433 cm³/mol. The van der Waals surface area contributed by atoms with E-state index in [2.05, 4.69) is 331 Å². The maximum atomic E-state index is 16.8. The van der Waals surface area contributed by atoms with Gasteiger partial charge in [0, 0.05) is 76.4 Å². The number of nitrogens with zero attached hydrogens (tertiary/aromatic N) is 5. The molecule has 0 saturated carbocycles. The van der Waals surface area contributed by atoms with Crippen molar-refractivity contribution < 1.29 is 4.39 Å². The molecule has 19 aromatic rings. The molecule has 1 heterocycles. The van der Waals surface area contributed by atoms with Gasteiger partial charge in [-0.3, -0.25) is 0 Å². The van der Waals surface area contributed by atoms with E-state index >= 15 is 4.39 Å². The van der Waals surface area contributed by atoms with Gasteiger partial charge in [-0.05, 0) is 198 Å². The fourth-order valence-electron chi connectivity index (χ4n) is 16.9. The Bertz CT molecular complexity index is 6660. The van der Waals surface area contributed by atoms with Crippen molar-refractivity contribution in [1.29, 1.82) is 5.26 Å². The Morgan fingerprint density at radius 1 is 0.311 bits per heavy atom. The van der Waals surface area contributed by atoms with E-state index in [1.54, 1.807) is 23.5 Å². The molecule has 0 amide bonds. The molecule has 103 heavy (non-hydrogen) atoms. The lowest BCUT2D eigenvalue weighted by Gasteiger charge is -2.32. The zero-order valence-corrected chi connectivity index (χ0v) is 57.2. The summed E-state index contributed by atoms with van der Waals surface area (Å²) in [6, 6.07) is 124. The third kappa shape index (κ3) is 9.35. The summed E-state index contributed by atoms with van der Waals surface area (Å²) in [6.07, 6.45) is 0. The predicted octanol–water partition coefficient (Wildman–Crippen LogP) is 27.7. The van der Waals surface area contributed by atoms with E-state index in [0.717, 1.165) is 138 Å². The van der Waals surface area contributed by atoms with Gasteiger partial charge in [0.2, 0.25) is 0 Å². The largest absolute Gasteiger partial charge is 0.310 e. The lowest BCUT2D eigenvalue weighted by atomic mass is 9.81. The van der Waals surface area contributed by atoms with Crippen LogP contribution in [0.5, 0.6) is 0 Å². The quantitative estimate of drug-likeness (QED) is 0.108. The zero-order chi connectivity index (χ0) is 68.6. The first-order valence-electron chi connectivity index (χ1n) is 35.0. The highest BCUT2D eigenvalue weighted by atomic mass is 32.1. The molecular formula is C96H62FN5S. The summed E-state index contributed by atoms with van der Waals surface area (Å²) in [6.45, 7) is 4.76. The normalized spacial score (nSPS) is 12.5.